The van der Waals surface area contributed by atoms with Crippen LogP contribution in [0.2, 0.25) is 0 Å². The molecule has 1 aromatic carbocycles. The maximum atomic E-state index is 12.1. The van der Waals surface area contributed by atoms with Crippen LogP contribution in [-0.4, -0.2) is 53.5 Å². The molecular formula is C17H23N3O3. The maximum Gasteiger partial charge on any atom is 0.325 e. The second-order valence-electron chi connectivity index (χ2n) is 6.60. The van der Waals surface area contributed by atoms with Gasteiger partial charge in [0.15, 0.2) is 0 Å². The number of benzene rings is 1. The van der Waals surface area contributed by atoms with Crippen molar-refractivity contribution in [1.82, 2.24) is 15.1 Å². The molecule has 0 radical (unpaired) electrons. The van der Waals surface area contributed by atoms with Gasteiger partial charge in [-0.3, -0.25) is 14.6 Å². The Morgan fingerprint density at radius 1 is 1.22 bits per heavy atom. The fourth-order valence-corrected chi connectivity index (χ4v) is 3.04. The molecule has 1 aromatic rings. The first-order chi connectivity index (χ1) is 11.0. The van der Waals surface area contributed by atoms with Gasteiger partial charge in [0.05, 0.1) is 0 Å². The lowest BCUT2D eigenvalue weighted by Crippen LogP contribution is -2.40. The van der Waals surface area contributed by atoms with Gasteiger partial charge in [-0.05, 0) is 26.3 Å². The molecule has 6 nitrogen and oxygen atoms in total. The topological polar surface area (TPSA) is 61.9 Å². The van der Waals surface area contributed by atoms with Crippen LogP contribution in [0.3, 0.4) is 0 Å². The van der Waals surface area contributed by atoms with E-state index in [9.17, 15) is 9.59 Å². The highest BCUT2D eigenvalue weighted by atomic mass is 16.5. The number of rotatable bonds is 4. The number of ether oxygens (including phenoxy) is 1. The Bertz CT molecular complexity index is 615. The first-order valence-electron chi connectivity index (χ1n) is 8.04. The number of carbonyl (C=O) groups is 2. The van der Waals surface area contributed by atoms with Gasteiger partial charge in [-0.25, -0.2) is 4.79 Å². The zero-order valence-electron chi connectivity index (χ0n) is 13.7. The van der Waals surface area contributed by atoms with E-state index < -0.39 is 5.54 Å². The Morgan fingerprint density at radius 3 is 2.74 bits per heavy atom. The van der Waals surface area contributed by atoms with Crippen molar-refractivity contribution in [3.8, 4) is 5.75 Å². The Balaban J connectivity index is 1.53. The van der Waals surface area contributed by atoms with Crippen LogP contribution in [-0.2, 0) is 11.3 Å². The Hall–Kier alpha value is -2.08. The minimum atomic E-state index is -0.785. The standard InChI is InChI=1S/C17H23N3O3/c1-17(2)15(21)20(16(22)18-17)9-5-8-19-10-11-23-14-7-4-3-6-13(14)12-19/h3-4,6-7H,5,8-12H2,1-2H3,(H,18,22). The van der Waals surface area contributed by atoms with Gasteiger partial charge in [0, 0.05) is 31.7 Å². The molecule has 0 spiro atoms. The number of carbonyl (C=O) groups excluding carboxylic acids is 2. The molecule has 3 rings (SSSR count). The maximum absolute atomic E-state index is 12.1. The minimum Gasteiger partial charge on any atom is -0.492 e. The van der Waals surface area contributed by atoms with Crippen LogP contribution in [0.5, 0.6) is 5.75 Å². The molecule has 0 aromatic heterocycles. The summed E-state index contributed by atoms with van der Waals surface area (Å²) in [5, 5.41) is 2.71. The van der Waals surface area contributed by atoms with Crippen molar-refractivity contribution in [2.75, 3.05) is 26.2 Å². The zero-order chi connectivity index (χ0) is 16.4. The third-order valence-electron chi connectivity index (χ3n) is 4.33. The highest BCUT2D eigenvalue weighted by Crippen LogP contribution is 2.22. The summed E-state index contributed by atoms with van der Waals surface area (Å²) in [6, 6.07) is 7.78. The normalized spacial score (nSPS) is 20.7. The summed E-state index contributed by atoms with van der Waals surface area (Å²) in [7, 11) is 0. The molecule has 6 heteroatoms. The second kappa shape index (κ2) is 6.20. The van der Waals surface area contributed by atoms with Crippen LogP contribution in [0, 0.1) is 0 Å². The molecule has 0 saturated carbocycles. The number of imide groups is 1. The molecule has 3 amide bonds. The summed E-state index contributed by atoms with van der Waals surface area (Å²) in [6.45, 7) is 7.09. The van der Waals surface area contributed by atoms with Crippen molar-refractivity contribution in [2.24, 2.45) is 0 Å². The number of hydrogen-bond acceptors (Lipinski definition) is 4. The summed E-state index contributed by atoms with van der Waals surface area (Å²) in [6.07, 6.45) is 0.761. The lowest BCUT2D eigenvalue weighted by atomic mass is 10.1. The third-order valence-corrected chi connectivity index (χ3v) is 4.33. The van der Waals surface area contributed by atoms with E-state index in [2.05, 4.69) is 16.3 Å². The second-order valence-corrected chi connectivity index (χ2v) is 6.60. The van der Waals surface area contributed by atoms with E-state index in [-0.39, 0.29) is 11.9 Å². The van der Waals surface area contributed by atoms with Gasteiger partial charge in [0.2, 0.25) is 0 Å². The Kier molecular flexibility index (Phi) is 4.26. The molecule has 0 bridgehead atoms. The summed E-state index contributed by atoms with van der Waals surface area (Å²) in [4.78, 5) is 27.6. The van der Waals surface area contributed by atoms with E-state index >= 15 is 0 Å². The zero-order valence-corrected chi connectivity index (χ0v) is 13.7. The number of amides is 3. The Morgan fingerprint density at radius 2 is 2.00 bits per heavy atom. The molecule has 2 aliphatic heterocycles. The molecule has 2 aliphatic rings. The summed E-state index contributed by atoms with van der Waals surface area (Å²) >= 11 is 0. The predicted molar refractivity (Wildman–Crippen MR) is 86.2 cm³/mol. The average Bonchev–Trinajstić information content (AvgIpc) is 2.67. The fraction of sp³-hybridized carbons (Fsp3) is 0.529. The van der Waals surface area contributed by atoms with Gasteiger partial charge in [0.25, 0.3) is 5.91 Å². The average molecular weight is 317 g/mol. The van der Waals surface area contributed by atoms with Crippen LogP contribution >= 0.6 is 0 Å². The molecule has 1 N–H and O–H groups in total. The van der Waals surface area contributed by atoms with Crippen molar-refractivity contribution in [1.29, 1.82) is 0 Å². The summed E-state index contributed by atoms with van der Waals surface area (Å²) < 4.78 is 5.75. The Labute approximate surface area is 136 Å². The molecule has 0 atom stereocenters. The molecule has 1 fully saturated rings. The van der Waals surface area contributed by atoms with E-state index in [4.69, 9.17) is 4.74 Å². The molecule has 2 heterocycles. The summed E-state index contributed by atoms with van der Waals surface area (Å²) in [5.41, 5.74) is 0.396. The monoisotopic (exact) mass is 317 g/mol. The predicted octanol–water partition coefficient (Wildman–Crippen LogP) is 1.60. The number of nitrogens with zero attached hydrogens (tertiary/aromatic N) is 2. The smallest absolute Gasteiger partial charge is 0.325 e. The van der Waals surface area contributed by atoms with E-state index in [1.165, 1.54) is 10.5 Å². The largest absolute Gasteiger partial charge is 0.492 e. The lowest BCUT2D eigenvalue weighted by Gasteiger charge is -2.21. The fourth-order valence-electron chi connectivity index (χ4n) is 3.04. The SMILES string of the molecule is CC1(C)NC(=O)N(CCCN2CCOc3ccccc3C2)C1=O. The first kappa shape index (κ1) is 15.8. The van der Waals surface area contributed by atoms with Gasteiger partial charge in [0.1, 0.15) is 17.9 Å². The van der Waals surface area contributed by atoms with Gasteiger partial charge in [-0.15, -0.1) is 0 Å². The molecule has 0 unspecified atom stereocenters. The third kappa shape index (κ3) is 3.32. The first-order valence-corrected chi connectivity index (χ1v) is 8.04. The van der Waals surface area contributed by atoms with Crippen LogP contribution < -0.4 is 10.1 Å². The van der Waals surface area contributed by atoms with Crippen molar-refractivity contribution < 1.29 is 14.3 Å². The van der Waals surface area contributed by atoms with Crippen molar-refractivity contribution in [3.05, 3.63) is 29.8 Å². The van der Waals surface area contributed by atoms with E-state index in [1.807, 2.05) is 18.2 Å². The number of para-hydroxylation sites is 1. The molecular weight excluding hydrogens is 294 g/mol. The van der Waals surface area contributed by atoms with Crippen LogP contribution in [0.1, 0.15) is 25.8 Å². The number of nitrogens with one attached hydrogen (secondary N) is 1. The molecule has 124 valence electrons. The summed E-state index contributed by atoms with van der Waals surface area (Å²) in [5.74, 6) is 0.804. The highest BCUT2D eigenvalue weighted by molar-refractivity contribution is 6.06. The van der Waals surface area contributed by atoms with E-state index in [0.717, 1.165) is 31.8 Å². The number of hydrogen-bond donors (Lipinski definition) is 1. The highest BCUT2D eigenvalue weighted by Gasteiger charge is 2.43. The minimum absolute atomic E-state index is 0.146. The van der Waals surface area contributed by atoms with Crippen molar-refractivity contribution in [3.63, 3.8) is 0 Å². The number of fused-ring (bicyclic) bond motifs is 1. The molecule has 1 saturated heterocycles. The van der Waals surface area contributed by atoms with Crippen molar-refractivity contribution >= 4 is 11.9 Å². The van der Waals surface area contributed by atoms with Gasteiger partial charge in [-0.2, -0.15) is 0 Å². The lowest BCUT2D eigenvalue weighted by molar-refractivity contribution is -0.130. The van der Waals surface area contributed by atoms with Crippen molar-refractivity contribution in [2.45, 2.75) is 32.4 Å². The van der Waals surface area contributed by atoms with Gasteiger partial charge in [-0.1, -0.05) is 18.2 Å². The van der Waals surface area contributed by atoms with Gasteiger partial charge >= 0.3 is 6.03 Å². The van der Waals surface area contributed by atoms with Crippen LogP contribution in [0.4, 0.5) is 4.79 Å². The van der Waals surface area contributed by atoms with Crippen LogP contribution in [0.15, 0.2) is 24.3 Å². The van der Waals surface area contributed by atoms with Gasteiger partial charge < -0.3 is 10.1 Å². The quantitative estimate of drug-likeness (QED) is 0.857. The van der Waals surface area contributed by atoms with E-state index in [1.54, 1.807) is 13.8 Å². The number of urea groups is 1. The van der Waals surface area contributed by atoms with Crippen LogP contribution in [0.25, 0.3) is 0 Å². The molecule has 23 heavy (non-hydrogen) atoms. The molecule has 0 aliphatic carbocycles. The van der Waals surface area contributed by atoms with E-state index in [0.29, 0.717) is 13.2 Å².